The Bertz CT molecular complexity index is 118. The fraction of sp³-hybridized carbons (Fsp3) is 0.400. The van der Waals surface area contributed by atoms with Crippen LogP contribution in [0, 0.1) is 0 Å². The van der Waals surface area contributed by atoms with E-state index in [0.717, 1.165) is 0 Å². The first-order chi connectivity index (χ1) is 3.77. The van der Waals surface area contributed by atoms with E-state index in [9.17, 15) is 4.79 Å². The van der Waals surface area contributed by atoms with Crippen molar-refractivity contribution in [2.75, 3.05) is 6.54 Å². The molecule has 0 aliphatic heterocycles. The molecule has 8 heavy (non-hydrogen) atoms. The second-order valence-corrected chi connectivity index (χ2v) is 1.23. The van der Waals surface area contributed by atoms with Crippen molar-refractivity contribution < 1.29 is 4.79 Å². The molecule has 0 spiro atoms. The van der Waals surface area contributed by atoms with Gasteiger partial charge in [-0.15, -0.1) is 11.7 Å². The number of hydrogen-bond donors (Lipinski definition) is 0. The Labute approximate surface area is 48.1 Å². The largest absolute Gasteiger partial charge is 0.271 e. The summed E-state index contributed by atoms with van der Waals surface area (Å²) in [5, 5.41) is 6.68. The fourth-order valence-electron chi connectivity index (χ4n) is 0.198. The molecule has 0 radical (unpaired) electrons. The number of carbonyl (C=O) groups is 1. The quantitative estimate of drug-likeness (QED) is 0.390. The monoisotopic (exact) mass is 112 g/mol. The van der Waals surface area contributed by atoms with Gasteiger partial charge in [0.05, 0.1) is 6.54 Å². The minimum Gasteiger partial charge on any atom is -0.271 e. The van der Waals surface area contributed by atoms with Gasteiger partial charge in [0.15, 0.2) is 0 Å². The van der Waals surface area contributed by atoms with E-state index in [-0.39, 0.29) is 5.91 Å². The Hall–Kier alpha value is -0.990. The van der Waals surface area contributed by atoms with Crippen LogP contribution in [0.15, 0.2) is 22.9 Å². The lowest BCUT2D eigenvalue weighted by molar-refractivity contribution is -0.116. The van der Waals surface area contributed by atoms with Crippen LogP contribution in [0.25, 0.3) is 0 Å². The summed E-state index contributed by atoms with van der Waals surface area (Å²) in [5.41, 5.74) is 0. The van der Waals surface area contributed by atoms with E-state index in [0.29, 0.717) is 6.54 Å². The molecule has 0 aliphatic rings. The second kappa shape index (κ2) is 4.18. The average molecular weight is 112 g/mol. The fourth-order valence-corrected chi connectivity index (χ4v) is 0.198. The molecule has 1 amide bonds. The van der Waals surface area contributed by atoms with Crippen molar-refractivity contribution in [3.05, 3.63) is 12.7 Å². The molecule has 0 saturated heterocycles. The molecule has 0 aromatic carbocycles. The summed E-state index contributed by atoms with van der Waals surface area (Å²) in [6.45, 7) is 5.16. The van der Waals surface area contributed by atoms with Gasteiger partial charge in [0.2, 0.25) is 0 Å². The van der Waals surface area contributed by atoms with Gasteiger partial charge >= 0.3 is 0 Å². The maximum absolute atomic E-state index is 10.0. The first kappa shape index (κ1) is 7.01. The standard InChI is InChI=1S/C5H8N2O/c1-3-4-6-7-5(2)8/h3H,1,4H2,2H3. The van der Waals surface area contributed by atoms with E-state index in [1.54, 1.807) is 6.08 Å². The highest BCUT2D eigenvalue weighted by Gasteiger charge is 1.78. The lowest BCUT2D eigenvalue weighted by Gasteiger charge is -1.75. The SMILES string of the molecule is C=CCN=NC(C)=O. The summed E-state index contributed by atoms with van der Waals surface area (Å²) >= 11 is 0. The third kappa shape index (κ3) is 5.01. The Kier molecular flexibility index (Phi) is 3.66. The molecule has 44 valence electrons. The molecule has 0 bridgehead atoms. The first-order valence-corrected chi connectivity index (χ1v) is 2.26. The number of rotatable bonds is 2. The van der Waals surface area contributed by atoms with E-state index < -0.39 is 0 Å². The molecule has 3 heteroatoms. The van der Waals surface area contributed by atoms with E-state index in [4.69, 9.17) is 0 Å². The van der Waals surface area contributed by atoms with Gasteiger partial charge in [0, 0.05) is 6.92 Å². The number of carbonyl (C=O) groups excluding carboxylic acids is 1. The third-order valence-electron chi connectivity index (χ3n) is 0.422. The van der Waals surface area contributed by atoms with Crippen LogP contribution in [0.4, 0.5) is 0 Å². The number of hydrogen-bond acceptors (Lipinski definition) is 2. The molecule has 0 heterocycles. The van der Waals surface area contributed by atoms with Gasteiger partial charge < -0.3 is 0 Å². The molecule has 0 N–H and O–H groups in total. The maximum Gasteiger partial charge on any atom is 0.261 e. The Morgan fingerprint density at radius 2 is 2.50 bits per heavy atom. The lowest BCUT2D eigenvalue weighted by atomic mass is 10.7. The molecule has 0 aliphatic carbocycles. The van der Waals surface area contributed by atoms with Crippen molar-refractivity contribution in [1.29, 1.82) is 0 Å². The van der Waals surface area contributed by atoms with Crippen molar-refractivity contribution in [3.63, 3.8) is 0 Å². The van der Waals surface area contributed by atoms with Gasteiger partial charge in [0.1, 0.15) is 0 Å². The minimum atomic E-state index is -0.271. The number of nitrogens with zero attached hydrogens (tertiary/aromatic N) is 2. The van der Waals surface area contributed by atoms with E-state index in [1.165, 1.54) is 6.92 Å². The van der Waals surface area contributed by atoms with Crippen molar-refractivity contribution >= 4 is 5.91 Å². The van der Waals surface area contributed by atoms with Crippen LogP contribution >= 0.6 is 0 Å². The van der Waals surface area contributed by atoms with Crippen LogP contribution < -0.4 is 0 Å². The number of azo groups is 1. The molecule has 0 saturated carbocycles. The highest BCUT2D eigenvalue weighted by molar-refractivity contribution is 5.73. The molecular weight excluding hydrogens is 104 g/mol. The van der Waals surface area contributed by atoms with Gasteiger partial charge in [-0.2, -0.15) is 5.11 Å². The molecule has 0 rings (SSSR count). The van der Waals surface area contributed by atoms with Crippen LogP contribution in [-0.2, 0) is 4.79 Å². The van der Waals surface area contributed by atoms with Crippen molar-refractivity contribution in [3.8, 4) is 0 Å². The summed E-state index contributed by atoms with van der Waals surface area (Å²) in [7, 11) is 0. The lowest BCUT2D eigenvalue weighted by Crippen LogP contribution is -1.79. The Morgan fingerprint density at radius 1 is 1.88 bits per heavy atom. The maximum atomic E-state index is 10.0. The summed E-state index contributed by atoms with van der Waals surface area (Å²) in [5.74, 6) is -0.271. The molecule has 3 nitrogen and oxygen atoms in total. The Morgan fingerprint density at radius 3 is 2.88 bits per heavy atom. The van der Waals surface area contributed by atoms with Gasteiger partial charge in [-0.3, -0.25) is 4.79 Å². The summed E-state index contributed by atoms with van der Waals surface area (Å²) < 4.78 is 0. The van der Waals surface area contributed by atoms with Crippen molar-refractivity contribution in [2.45, 2.75) is 6.92 Å². The predicted octanol–water partition coefficient (Wildman–Crippen LogP) is 1.17. The zero-order valence-corrected chi connectivity index (χ0v) is 4.79. The Balaban J connectivity index is 3.34. The smallest absolute Gasteiger partial charge is 0.261 e. The minimum absolute atomic E-state index is 0.271. The summed E-state index contributed by atoms with van der Waals surface area (Å²) in [6.07, 6.45) is 1.58. The van der Waals surface area contributed by atoms with E-state index in [1.807, 2.05) is 0 Å². The number of amides is 1. The normalized spacial score (nSPS) is 9.62. The molecule has 0 fully saturated rings. The average Bonchev–Trinajstić information content (AvgIpc) is 1.66. The molecule has 0 unspecified atom stereocenters. The molecule has 0 aromatic heterocycles. The first-order valence-electron chi connectivity index (χ1n) is 2.26. The molecule has 0 aromatic rings. The zero-order chi connectivity index (χ0) is 6.41. The van der Waals surface area contributed by atoms with Crippen molar-refractivity contribution in [2.24, 2.45) is 10.2 Å². The van der Waals surface area contributed by atoms with Gasteiger partial charge in [-0.1, -0.05) is 6.08 Å². The summed E-state index contributed by atoms with van der Waals surface area (Å²) in [6, 6.07) is 0. The van der Waals surface area contributed by atoms with Gasteiger partial charge in [0.25, 0.3) is 5.91 Å². The highest BCUT2D eigenvalue weighted by atomic mass is 16.1. The van der Waals surface area contributed by atoms with Crippen LogP contribution in [0.5, 0.6) is 0 Å². The molecular formula is C5H8N2O. The van der Waals surface area contributed by atoms with Crippen molar-refractivity contribution in [1.82, 2.24) is 0 Å². The van der Waals surface area contributed by atoms with Crippen LogP contribution in [0.1, 0.15) is 6.92 Å². The van der Waals surface area contributed by atoms with E-state index >= 15 is 0 Å². The molecule has 0 atom stereocenters. The van der Waals surface area contributed by atoms with Gasteiger partial charge in [-0.25, -0.2) is 0 Å². The third-order valence-corrected chi connectivity index (χ3v) is 0.422. The predicted molar refractivity (Wildman–Crippen MR) is 30.6 cm³/mol. The highest BCUT2D eigenvalue weighted by Crippen LogP contribution is 1.76. The van der Waals surface area contributed by atoms with E-state index in [2.05, 4.69) is 16.8 Å². The van der Waals surface area contributed by atoms with Crippen LogP contribution in [0.3, 0.4) is 0 Å². The zero-order valence-electron chi connectivity index (χ0n) is 4.79. The van der Waals surface area contributed by atoms with Crippen LogP contribution in [0.2, 0.25) is 0 Å². The van der Waals surface area contributed by atoms with Gasteiger partial charge in [-0.05, 0) is 0 Å². The summed E-state index contributed by atoms with van der Waals surface area (Å²) in [4.78, 5) is 10.0. The second-order valence-electron chi connectivity index (χ2n) is 1.23. The van der Waals surface area contributed by atoms with Crippen LogP contribution in [-0.4, -0.2) is 12.5 Å². The topological polar surface area (TPSA) is 41.8 Å².